The van der Waals surface area contributed by atoms with Crippen molar-refractivity contribution in [2.75, 3.05) is 4.90 Å². The summed E-state index contributed by atoms with van der Waals surface area (Å²) in [4.78, 5) is 2.35. The third kappa shape index (κ3) is 4.81. The Bertz CT molecular complexity index is 3040. The van der Waals surface area contributed by atoms with Crippen molar-refractivity contribution in [3.05, 3.63) is 240 Å². The quantitative estimate of drug-likeness (QED) is 0.166. The molecule has 0 radical (unpaired) electrons. The Hall–Kier alpha value is -7.23. The van der Waals surface area contributed by atoms with E-state index < -0.39 is 5.41 Å². The number of hydrogen-bond donors (Lipinski definition) is 0. The molecule has 11 rings (SSSR count). The van der Waals surface area contributed by atoms with Gasteiger partial charge >= 0.3 is 0 Å². The molecular weight excluding hydrogens is 684 g/mol. The van der Waals surface area contributed by atoms with Gasteiger partial charge in [0.05, 0.1) is 16.4 Å². The maximum Gasteiger partial charge on any atom is 0.123 e. The van der Waals surface area contributed by atoms with E-state index in [-0.39, 0.29) is 5.82 Å². The molecule has 0 atom stereocenters. The molecule has 0 amide bonds. The van der Waals surface area contributed by atoms with Gasteiger partial charge in [-0.15, -0.1) is 0 Å². The fraction of sp³-hybridized carbons (Fsp3) is 0.0189. The number of aromatic nitrogens is 1. The van der Waals surface area contributed by atoms with Crippen LogP contribution in [0.4, 0.5) is 21.5 Å². The molecule has 3 heteroatoms. The molecule has 10 aromatic rings. The van der Waals surface area contributed by atoms with Crippen molar-refractivity contribution in [3.63, 3.8) is 0 Å². The molecule has 0 aliphatic heterocycles. The summed E-state index contributed by atoms with van der Waals surface area (Å²) in [6, 6.07) is 75.1. The summed E-state index contributed by atoms with van der Waals surface area (Å²) in [6.45, 7) is 0. The van der Waals surface area contributed by atoms with Crippen molar-refractivity contribution >= 4 is 49.6 Å². The van der Waals surface area contributed by atoms with E-state index in [1.54, 1.807) is 12.1 Å². The normalized spacial score (nSPS) is 12.9. The summed E-state index contributed by atoms with van der Waals surface area (Å²) in [7, 11) is 0. The topological polar surface area (TPSA) is 8.17 Å². The maximum atomic E-state index is 14.8. The first-order valence-corrected chi connectivity index (χ1v) is 19.1. The highest BCUT2D eigenvalue weighted by molar-refractivity contribution is 6.10. The zero-order chi connectivity index (χ0) is 37.2. The minimum atomic E-state index is -0.566. The smallest absolute Gasteiger partial charge is 0.123 e. The third-order valence-electron chi connectivity index (χ3n) is 11.7. The van der Waals surface area contributed by atoms with E-state index in [2.05, 4.69) is 185 Å². The fourth-order valence-electron chi connectivity index (χ4n) is 9.30. The van der Waals surface area contributed by atoms with Crippen molar-refractivity contribution < 1.29 is 4.39 Å². The number of benzene rings is 9. The van der Waals surface area contributed by atoms with Gasteiger partial charge in [0.1, 0.15) is 5.82 Å². The molecule has 1 aliphatic rings. The van der Waals surface area contributed by atoms with Crippen molar-refractivity contribution in [3.8, 4) is 16.8 Å². The molecule has 0 fully saturated rings. The molecule has 1 aliphatic carbocycles. The van der Waals surface area contributed by atoms with Crippen LogP contribution in [0.3, 0.4) is 0 Å². The van der Waals surface area contributed by atoms with Crippen LogP contribution in [0.1, 0.15) is 22.3 Å². The summed E-state index contributed by atoms with van der Waals surface area (Å²) in [5, 5.41) is 4.35. The summed E-state index contributed by atoms with van der Waals surface area (Å²) in [5.74, 6) is -0.244. The molecule has 1 heterocycles. The summed E-state index contributed by atoms with van der Waals surface area (Å²) in [5.41, 5.74) is 13.0. The molecule has 0 saturated heterocycles. The Morgan fingerprint density at radius 3 is 1.66 bits per heavy atom. The number of halogens is 1. The Morgan fingerprint density at radius 1 is 0.393 bits per heavy atom. The third-order valence-corrected chi connectivity index (χ3v) is 11.7. The largest absolute Gasteiger partial charge is 0.310 e. The first-order valence-electron chi connectivity index (χ1n) is 19.1. The first-order chi connectivity index (χ1) is 27.7. The second-order valence-corrected chi connectivity index (χ2v) is 14.7. The Labute approximate surface area is 325 Å². The van der Waals surface area contributed by atoms with Gasteiger partial charge in [-0.2, -0.15) is 0 Å². The zero-order valence-corrected chi connectivity index (χ0v) is 30.5. The van der Waals surface area contributed by atoms with Crippen LogP contribution in [0.5, 0.6) is 0 Å². The van der Waals surface area contributed by atoms with Crippen LogP contribution in [0.25, 0.3) is 49.4 Å². The standard InChI is InChI=1S/C53H35FN2/c54-40-25-30-51-48(33-40)46-29-27-44(35-52(46)56(51)42-23-11-4-12-24-42)55(41-21-9-3-10-22-41)43-26-28-45-47-31-36-15-13-14-16-37(36)32-49(47)53(50(45)34-43,38-17-5-1-6-18-38)39-19-7-2-8-20-39/h1-35H. The van der Waals surface area contributed by atoms with Crippen molar-refractivity contribution in [1.82, 2.24) is 4.57 Å². The lowest BCUT2D eigenvalue weighted by Gasteiger charge is -2.35. The summed E-state index contributed by atoms with van der Waals surface area (Å²) >= 11 is 0. The van der Waals surface area contributed by atoms with Crippen molar-refractivity contribution in [1.29, 1.82) is 0 Å². The lowest BCUT2D eigenvalue weighted by Crippen LogP contribution is -2.28. The molecule has 0 spiro atoms. The predicted octanol–water partition coefficient (Wildman–Crippen LogP) is 13.9. The lowest BCUT2D eigenvalue weighted by molar-refractivity contribution is 0.629. The van der Waals surface area contributed by atoms with Gasteiger partial charge in [0.2, 0.25) is 0 Å². The van der Waals surface area contributed by atoms with Crippen LogP contribution in [0, 0.1) is 5.82 Å². The van der Waals surface area contributed by atoms with Crippen LogP contribution in [0.2, 0.25) is 0 Å². The van der Waals surface area contributed by atoms with E-state index in [0.717, 1.165) is 44.6 Å². The number of hydrogen-bond acceptors (Lipinski definition) is 1. The average Bonchev–Trinajstić information content (AvgIpc) is 3.73. The second kappa shape index (κ2) is 12.7. The molecule has 1 aromatic heterocycles. The lowest BCUT2D eigenvalue weighted by atomic mass is 9.67. The van der Waals surface area contributed by atoms with Gasteiger partial charge < -0.3 is 9.47 Å². The highest BCUT2D eigenvalue weighted by Crippen LogP contribution is 2.58. The molecule has 9 aromatic carbocycles. The highest BCUT2D eigenvalue weighted by Gasteiger charge is 2.46. The number of anilines is 3. The van der Waals surface area contributed by atoms with E-state index in [9.17, 15) is 4.39 Å². The van der Waals surface area contributed by atoms with Crippen LogP contribution in [0.15, 0.2) is 212 Å². The van der Waals surface area contributed by atoms with Crippen LogP contribution in [-0.2, 0) is 5.41 Å². The van der Waals surface area contributed by atoms with Gasteiger partial charge in [0.25, 0.3) is 0 Å². The zero-order valence-electron chi connectivity index (χ0n) is 30.5. The average molecular weight is 719 g/mol. The number of nitrogens with zero attached hydrogens (tertiary/aromatic N) is 2. The minimum Gasteiger partial charge on any atom is -0.310 e. The SMILES string of the molecule is Fc1ccc2c(c1)c1ccc(N(c3ccccc3)c3ccc4c(c3)C(c3ccccc3)(c3ccccc3)c3cc5ccccc5cc3-4)cc1n2-c1ccccc1. The Morgan fingerprint density at radius 2 is 0.964 bits per heavy atom. The molecule has 56 heavy (non-hydrogen) atoms. The van der Waals surface area contributed by atoms with Crippen LogP contribution < -0.4 is 4.90 Å². The van der Waals surface area contributed by atoms with Gasteiger partial charge in [-0.05, 0) is 123 Å². The fourth-order valence-corrected chi connectivity index (χ4v) is 9.30. The molecule has 0 saturated carbocycles. The Balaban J connectivity index is 1.20. The minimum absolute atomic E-state index is 0.244. The van der Waals surface area contributed by atoms with Crippen LogP contribution in [-0.4, -0.2) is 4.57 Å². The first kappa shape index (κ1) is 32.2. The van der Waals surface area contributed by atoms with Crippen molar-refractivity contribution in [2.24, 2.45) is 0 Å². The van der Waals surface area contributed by atoms with E-state index in [1.165, 1.54) is 44.2 Å². The molecule has 0 unspecified atom stereocenters. The monoisotopic (exact) mass is 718 g/mol. The van der Waals surface area contributed by atoms with Gasteiger partial charge in [0, 0.05) is 33.5 Å². The molecule has 0 bridgehead atoms. The number of fused-ring (bicyclic) bond motifs is 7. The molecule has 2 nitrogen and oxygen atoms in total. The van der Waals surface area contributed by atoms with E-state index in [4.69, 9.17) is 0 Å². The number of para-hydroxylation sites is 2. The van der Waals surface area contributed by atoms with Gasteiger partial charge in [0.15, 0.2) is 0 Å². The number of rotatable bonds is 6. The Kier molecular flexibility index (Phi) is 7.30. The van der Waals surface area contributed by atoms with Gasteiger partial charge in [-0.3, -0.25) is 0 Å². The van der Waals surface area contributed by atoms with Gasteiger partial charge in [-0.1, -0.05) is 133 Å². The van der Waals surface area contributed by atoms with Gasteiger partial charge in [-0.25, -0.2) is 4.39 Å². The van der Waals surface area contributed by atoms with E-state index in [1.807, 2.05) is 24.3 Å². The highest BCUT2D eigenvalue weighted by atomic mass is 19.1. The predicted molar refractivity (Wildman–Crippen MR) is 230 cm³/mol. The van der Waals surface area contributed by atoms with Crippen LogP contribution >= 0.6 is 0 Å². The van der Waals surface area contributed by atoms with E-state index >= 15 is 0 Å². The molecular formula is C53H35FN2. The molecule has 0 N–H and O–H groups in total. The summed E-state index contributed by atoms with van der Waals surface area (Å²) in [6.07, 6.45) is 0. The maximum absolute atomic E-state index is 14.8. The van der Waals surface area contributed by atoms with Crippen molar-refractivity contribution in [2.45, 2.75) is 5.41 Å². The van der Waals surface area contributed by atoms with E-state index in [0.29, 0.717) is 0 Å². The summed E-state index contributed by atoms with van der Waals surface area (Å²) < 4.78 is 17.1. The molecule has 264 valence electrons. The second-order valence-electron chi connectivity index (χ2n) is 14.7.